The van der Waals surface area contributed by atoms with Crippen molar-refractivity contribution in [2.45, 2.75) is 51.5 Å². The number of amides is 3. The number of hydrazone groups is 1. The third kappa shape index (κ3) is 7.02. The average Bonchev–Trinajstić information content (AvgIpc) is 2.67. The highest BCUT2D eigenvalue weighted by Crippen LogP contribution is 2.17. The van der Waals surface area contributed by atoms with Crippen molar-refractivity contribution in [2.24, 2.45) is 5.10 Å². The van der Waals surface area contributed by atoms with Crippen LogP contribution in [0.4, 0.5) is 11.4 Å². The molecule has 0 heterocycles. The molecule has 1 aromatic carbocycles. The quantitative estimate of drug-likeness (QED) is 0.395. The van der Waals surface area contributed by atoms with E-state index in [1.54, 1.807) is 6.92 Å². The van der Waals surface area contributed by atoms with Gasteiger partial charge in [-0.05, 0) is 44.0 Å². The van der Waals surface area contributed by atoms with Crippen molar-refractivity contribution in [3.8, 4) is 0 Å². The Hall–Kier alpha value is -2.90. The summed E-state index contributed by atoms with van der Waals surface area (Å²) >= 11 is 0. The maximum Gasteiger partial charge on any atom is 0.329 e. The summed E-state index contributed by atoms with van der Waals surface area (Å²) in [6.07, 6.45) is 5.12. The van der Waals surface area contributed by atoms with Gasteiger partial charge in [0.25, 0.3) is 0 Å². The summed E-state index contributed by atoms with van der Waals surface area (Å²) in [5.41, 5.74) is 4.33. The van der Waals surface area contributed by atoms with Crippen molar-refractivity contribution in [1.29, 1.82) is 0 Å². The molecule has 0 bridgehead atoms. The molecule has 0 aliphatic heterocycles. The van der Waals surface area contributed by atoms with Gasteiger partial charge in [0.1, 0.15) is 0 Å². The lowest BCUT2D eigenvalue weighted by Crippen LogP contribution is -2.44. The fourth-order valence-corrected chi connectivity index (χ4v) is 3.01. The van der Waals surface area contributed by atoms with Gasteiger partial charge >= 0.3 is 11.8 Å². The van der Waals surface area contributed by atoms with Gasteiger partial charge in [-0.15, -0.1) is 0 Å². The lowest BCUT2D eigenvalue weighted by Gasteiger charge is -2.22. The Bertz CT molecular complexity index is 722. The number of hydrogen-bond acceptors (Lipinski definition) is 5. The van der Waals surface area contributed by atoms with Gasteiger partial charge in [-0.2, -0.15) is 5.10 Å². The lowest BCUT2D eigenvalue weighted by molar-refractivity contribution is -0.139. The molecule has 8 heteroatoms. The summed E-state index contributed by atoms with van der Waals surface area (Å²) in [6, 6.07) is 7.50. The second kappa shape index (κ2) is 10.4. The van der Waals surface area contributed by atoms with Crippen LogP contribution in [0.2, 0.25) is 0 Å². The van der Waals surface area contributed by atoms with E-state index in [0.717, 1.165) is 31.4 Å². The number of benzene rings is 1. The smallest absolute Gasteiger partial charge is 0.329 e. The molecule has 152 valence electrons. The number of nitrogens with one attached hydrogen (secondary N) is 3. The van der Waals surface area contributed by atoms with Crippen LogP contribution in [0.1, 0.15) is 45.4 Å². The summed E-state index contributed by atoms with van der Waals surface area (Å²) in [6.45, 7) is 1.62. The zero-order valence-corrected chi connectivity index (χ0v) is 16.7. The Morgan fingerprint density at radius 1 is 1.04 bits per heavy atom. The van der Waals surface area contributed by atoms with Crippen LogP contribution in [0.3, 0.4) is 0 Å². The van der Waals surface area contributed by atoms with E-state index in [1.807, 2.05) is 43.3 Å². The Kier molecular flexibility index (Phi) is 7.98. The SMILES string of the molecule is CC(CC(=O)Nc1ccc(N(C)C)cc1)=NNC(=O)C(=O)NC1CCCCC1. The fourth-order valence-electron chi connectivity index (χ4n) is 3.01. The zero-order valence-electron chi connectivity index (χ0n) is 16.7. The molecule has 0 radical (unpaired) electrons. The molecule has 1 aliphatic carbocycles. The number of carbonyl (C=O) groups is 3. The van der Waals surface area contributed by atoms with Crippen LogP contribution in [-0.4, -0.2) is 43.6 Å². The third-order valence-corrected chi connectivity index (χ3v) is 4.58. The predicted octanol–water partition coefficient (Wildman–Crippen LogP) is 2.02. The van der Waals surface area contributed by atoms with Gasteiger partial charge in [-0.25, -0.2) is 5.43 Å². The molecule has 8 nitrogen and oxygen atoms in total. The van der Waals surface area contributed by atoms with Gasteiger partial charge in [0, 0.05) is 37.2 Å². The molecule has 1 saturated carbocycles. The third-order valence-electron chi connectivity index (χ3n) is 4.58. The van der Waals surface area contributed by atoms with Crippen LogP contribution in [0.15, 0.2) is 29.4 Å². The molecule has 1 aliphatic rings. The molecule has 1 aromatic rings. The van der Waals surface area contributed by atoms with E-state index in [9.17, 15) is 14.4 Å². The van der Waals surface area contributed by atoms with Crippen LogP contribution in [0, 0.1) is 0 Å². The largest absolute Gasteiger partial charge is 0.378 e. The van der Waals surface area contributed by atoms with Gasteiger partial charge < -0.3 is 15.5 Å². The topological polar surface area (TPSA) is 103 Å². The average molecular weight is 387 g/mol. The maximum atomic E-state index is 12.1. The Morgan fingerprint density at radius 3 is 2.29 bits per heavy atom. The van der Waals surface area contributed by atoms with E-state index >= 15 is 0 Å². The molecule has 2 rings (SSSR count). The molecule has 3 N–H and O–H groups in total. The highest BCUT2D eigenvalue weighted by atomic mass is 16.2. The second-order valence-corrected chi connectivity index (χ2v) is 7.26. The van der Waals surface area contributed by atoms with Crippen LogP contribution in [-0.2, 0) is 14.4 Å². The molecular formula is C20H29N5O3. The molecule has 3 amide bonds. The van der Waals surface area contributed by atoms with E-state index in [-0.39, 0.29) is 18.4 Å². The minimum absolute atomic E-state index is 0.0138. The molecule has 1 fully saturated rings. The van der Waals surface area contributed by atoms with Crippen molar-refractivity contribution >= 4 is 34.8 Å². The first-order chi connectivity index (χ1) is 13.3. The molecule has 0 atom stereocenters. The van der Waals surface area contributed by atoms with Gasteiger partial charge in [0.15, 0.2) is 0 Å². The number of nitrogens with zero attached hydrogens (tertiary/aromatic N) is 2. The Morgan fingerprint density at radius 2 is 1.68 bits per heavy atom. The van der Waals surface area contributed by atoms with Crippen LogP contribution in [0.25, 0.3) is 0 Å². The molecule has 28 heavy (non-hydrogen) atoms. The molecule has 0 saturated heterocycles. The molecule has 0 aromatic heterocycles. The fraction of sp³-hybridized carbons (Fsp3) is 0.500. The minimum atomic E-state index is -0.815. The second-order valence-electron chi connectivity index (χ2n) is 7.26. The number of carbonyl (C=O) groups excluding carboxylic acids is 3. The van der Waals surface area contributed by atoms with Crippen molar-refractivity contribution in [3.63, 3.8) is 0 Å². The van der Waals surface area contributed by atoms with Crippen LogP contribution < -0.4 is 21.0 Å². The van der Waals surface area contributed by atoms with E-state index in [2.05, 4.69) is 21.2 Å². The van der Waals surface area contributed by atoms with Gasteiger partial charge in [-0.3, -0.25) is 14.4 Å². The van der Waals surface area contributed by atoms with Crippen molar-refractivity contribution in [2.75, 3.05) is 24.3 Å². The lowest BCUT2D eigenvalue weighted by atomic mass is 9.95. The van der Waals surface area contributed by atoms with Gasteiger partial charge in [-0.1, -0.05) is 19.3 Å². The minimum Gasteiger partial charge on any atom is -0.378 e. The highest BCUT2D eigenvalue weighted by molar-refractivity contribution is 6.35. The zero-order chi connectivity index (χ0) is 20.5. The van der Waals surface area contributed by atoms with E-state index in [0.29, 0.717) is 11.4 Å². The monoisotopic (exact) mass is 387 g/mol. The normalized spacial score (nSPS) is 14.9. The summed E-state index contributed by atoms with van der Waals surface area (Å²) in [5, 5.41) is 9.34. The maximum absolute atomic E-state index is 12.1. The number of rotatable bonds is 6. The highest BCUT2D eigenvalue weighted by Gasteiger charge is 2.20. The van der Waals surface area contributed by atoms with Crippen molar-refractivity contribution in [1.82, 2.24) is 10.7 Å². The summed E-state index contributed by atoms with van der Waals surface area (Å²) in [7, 11) is 3.88. The van der Waals surface area contributed by atoms with Crippen molar-refractivity contribution in [3.05, 3.63) is 24.3 Å². The first-order valence-corrected chi connectivity index (χ1v) is 9.56. The van der Waals surface area contributed by atoms with Gasteiger partial charge in [0.2, 0.25) is 5.91 Å². The van der Waals surface area contributed by atoms with E-state index in [1.165, 1.54) is 6.42 Å². The first-order valence-electron chi connectivity index (χ1n) is 9.56. The summed E-state index contributed by atoms with van der Waals surface area (Å²) in [4.78, 5) is 37.8. The molecule has 0 spiro atoms. The standard InChI is InChI=1S/C20H29N5O3/c1-14(13-18(26)21-16-9-11-17(12-10-16)25(2)3)23-24-20(28)19(27)22-15-7-5-4-6-8-15/h9-12,15H,4-8,13H2,1-3H3,(H,21,26)(H,22,27)(H,24,28). The Balaban J connectivity index is 1.76. The van der Waals surface area contributed by atoms with Gasteiger partial charge in [0.05, 0.1) is 6.42 Å². The van der Waals surface area contributed by atoms with Crippen molar-refractivity contribution < 1.29 is 14.4 Å². The number of hydrogen-bond donors (Lipinski definition) is 3. The van der Waals surface area contributed by atoms with E-state index < -0.39 is 11.8 Å². The first kappa shape index (κ1) is 21.4. The number of anilines is 2. The molecule has 0 unspecified atom stereocenters. The van der Waals surface area contributed by atoms with Crippen LogP contribution in [0.5, 0.6) is 0 Å². The van der Waals surface area contributed by atoms with Crippen LogP contribution >= 0.6 is 0 Å². The predicted molar refractivity (Wildman–Crippen MR) is 110 cm³/mol. The Labute approximate surface area is 165 Å². The van der Waals surface area contributed by atoms with E-state index in [4.69, 9.17) is 0 Å². The molecular weight excluding hydrogens is 358 g/mol. The summed E-state index contributed by atoms with van der Waals surface area (Å²) in [5.74, 6) is -1.75. The summed E-state index contributed by atoms with van der Waals surface area (Å²) < 4.78 is 0.